The summed E-state index contributed by atoms with van der Waals surface area (Å²) in [6, 6.07) is 1.58. The first-order valence-electron chi connectivity index (χ1n) is 6.45. The predicted octanol–water partition coefficient (Wildman–Crippen LogP) is 2.04. The highest BCUT2D eigenvalue weighted by atomic mass is 19.1. The van der Waals surface area contributed by atoms with Crippen LogP contribution in [0.3, 0.4) is 0 Å². The first kappa shape index (κ1) is 15.7. The molecule has 5 nitrogen and oxygen atoms in total. The molecule has 0 saturated carbocycles. The number of amides is 1. The van der Waals surface area contributed by atoms with Gasteiger partial charge in [0.15, 0.2) is 11.6 Å². The van der Waals surface area contributed by atoms with E-state index in [0.29, 0.717) is 16.7 Å². The molecule has 0 atom stereocenters. The third-order valence-electron chi connectivity index (χ3n) is 3.30. The van der Waals surface area contributed by atoms with Crippen LogP contribution < -0.4 is 11.2 Å². The van der Waals surface area contributed by atoms with E-state index >= 15 is 0 Å². The second-order valence-corrected chi connectivity index (χ2v) is 4.85. The van der Waals surface area contributed by atoms with Crippen molar-refractivity contribution in [1.82, 2.24) is 9.55 Å². The lowest BCUT2D eigenvalue weighted by Gasteiger charge is -2.13. The van der Waals surface area contributed by atoms with Gasteiger partial charge in [0, 0.05) is 18.3 Å². The Morgan fingerprint density at radius 3 is 2.25 bits per heavy atom. The predicted molar refractivity (Wildman–Crippen MR) is 75.7 cm³/mol. The smallest absolute Gasteiger partial charge is 0.254 e. The molecular formula is C15H7F4N3O2. The summed E-state index contributed by atoms with van der Waals surface area (Å²) in [5.74, 6) is -5.85. The van der Waals surface area contributed by atoms with Crippen LogP contribution in [0.4, 0.5) is 17.6 Å². The van der Waals surface area contributed by atoms with Crippen molar-refractivity contribution in [2.75, 3.05) is 0 Å². The number of halogens is 4. The van der Waals surface area contributed by atoms with E-state index in [1.54, 1.807) is 0 Å². The standard InChI is InChI=1S/C15H7F4N3O2/c16-6-2-10(18)12(11(19)3-6)22-5-9(14(20)24)13(23)8-1-7(17)4-21-15(8)22/h1-5H,(H2,20,24). The van der Waals surface area contributed by atoms with Gasteiger partial charge < -0.3 is 5.73 Å². The molecule has 1 amide bonds. The Morgan fingerprint density at radius 1 is 1.04 bits per heavy atom. The number of hydrogen-bond donors (Lipinski definition) is 1. The van der Waals surface area contributed by atoms with E-state index in [0.717, 1.165) is 18.5 Å². The molecular weight excluding hydrogens is 330 g/mol. The minimum absolute atomic E-state index is 0.323. The highest BCUT2D eigenvalue weighted by molar-refractivity contribution is 5.96. The zero-order chi connectivity index (χ0) is 17.6. The highest BCUT2D eigenvalue weighted by Gasteiger charge is 2.20. The van der Waals surface area contributed by atoms with Crippen molar-refractivity contribution in [2.24, 2.45) is 5.73 Å². The number of pyridine rings is 2. The Kier molecular flexibility index (Phi) is 3.55. The minimum Gasteiger partial charge on any atom is -0.365 e. The van der Waals surface area contributed by atoms with Crippen LogP contribution in [-0.2, 0) is 0 Å². The number of carbonyl (C=O) groups excluding carboxylic acids is 1. The van der Waals surface area contributed by atoms with Gasteiger partial charge in [0.2, 0.25) is 5.43 Å². The summed E-state index contributed by atoms with van der Waals surface area (Å²) in [7, 11) is 0. The van der Waals surface area contributed by atoms with Crippen LogP contribution in [0.15, 0.2) is 35.4 Å². The molecule has 2 heterocycles. The molecule has 0 unspecified atom stereocenters. The van der Waals surface area contributed by atoms with Crippen LogP contribution in [0.5, 0.6) is 0 Å². The number of nitrogens with zero attached hydrogens (tertiary/aromatic N) is 2. The van der Waals surface area contributed by atoms with Gasteiger partial charge in [0.1, 0.15) is 28.5 Å². The van der Waals surface area contributed by atoms with Crippen molar-refractivity contribution in [3.05, 3.63) is 69.6 Å². The SMILES string of the molecule is NC(=O)c1cn(-c2c(F)cc(F)cc2F)c2ncc(F)cc2c1=O. The summed E-state index contributed by atoms with van der Waals surface area (Å²) >= 11 is 0. The van der Waals surface area contributed by atoms with Gasteiger partial charge in [-0.1, -0.05) is 0 Å². The average Bonchev–Trinajstić information content (AvgIpc) is 2.48. The number of aromatic nitrogens is 2. The van der Waals surface area contributed by atoms with Crippen molar-refractivity contribution in [2.45, 2.75) is 0 Å². The van der Waals surface area contributed by atoms with Crippen molar-refractivity contribution in [3.63, 3.8) is 0 Å². The first-order chi connectivity index (χ1) is 11.3. The van der Waals surface area contributed by atoms with Crippen LogP contribution in [0.1, 0.15) is 10.4 Å². The summed E-state index contributed by atoms with van der Waals surface area (Å²) in [6.45, 7) is 0. The summed E-state index contributed by atoms with van der Waals surface area (Å²) < 4.78 is 55.2. The van der Waals surface area contributed by atoms with E-state index in [4.69, 9.17) is 5.73 Å². The average molecular weight is 337 g/mol. The molecule has 0 bridgehead atoms. The Bertz CT molecular complexity index is 1040. The van der Waals surface area contributed by atoms with Crippen molar-refractivity contribution < 1.29 is 22.4 Å². The van der Waals surface area contributed by atoms with Gasteiger partial charge in [-0.3, -0.25) is 14.2 Å². The molecule has 3 rings (SSSR count). The van der Waals surface area contributed by atoms with Crippen molar-refractivity contribution in [3.8, 4) is 5.69 Å². The molecule has 0 spiro atoms. The zero-order valence-electron chi connectivity index (χ0n) is 11.7. The van der Waals surface area contributed by atoms with E-state index < -0.39 is 51.2 Å². The fourth-order valence-electron chi connectivity index (χ4n) is 2.30. The number of primary amides is 1. The second-order valence-electron chi connectivity index (χ2n) is 4.85. The number of carbonyl (C=O) groups is 1. The fraction of sp³-hybridized carbons (Fsp3) is 0. The lowest BCUT2D eigenvalue weighted by atomic mass is 10.1. The molecule has 0 saturated heterocycles. The number of fused-ring (bicyclic) bond motifs is 1. The molecule has 24 heavy (non-hydrogen) atoms. The maximum Gasteiger partial charge on any atom is 0.254 e. The molecule has 0 aliphatic carbocycles. The van der Waals surface area contributed by atoms with Crippen LogP contribution in [0.2, 0.25) is 0 Å². The monoisotopic (exact) mass is 337 g/mol. The van der Waals surface area contributed by atoms with Gasteiger partial charge in [-0.05, 0) is 6.07 Å². The van der Waals surface area contributed by atoms with Crippen LogP contribution in [-0.4, -0.2) is 15.5 Å². The molecule has 0 fully saturated rings. The normalized spacial score (nSPS) is 11.0. The Morgan fingerprint density at radius 2 is 1.67 bits per heavy atom. The molecule has 122 valence electrons. The number of rotatable bonds is 2. The van der Waals surface area contributed by atoms with Crippen LogP contribution in [0.25, 0.3) is 16.7 Å². The number of nitrogens with two attached hydrogens (primary N) is 1. The summed E-state index contributed by atoms with van der Waals surface area (Å²) in [4.78, 5) is 27.2. The maximum atomic E-state index is 14.0. The molecule has 0 aliphatic rings. The number of hydrogen-bond acceptors (Lipinski definition) is 3. The van der Waals surface area contributed by atoms with E-state index in [1.807, 2.05) is 0 Å². The van der Waals surface area contributed by atoms with Crippen molar-refractivity contribution in [1.29, 1.82) is 0 Å². The maximum absolute atomic E-state index is 14.0. The van der Waals surface area contributed by atoms with Gasteiger partial charge >= 0.3 is 0 Å². The molecule has 0 aliphatic heterocycles. The summed E-state index contributed by atoms with van der Waals surface area (Å²) in [5.41, 5.74) is 2.40. The Hall–Kier alpha value is -3.23. The topological polar surface area (TPSA) is 78.0 Å². The molecule has 3 aromatic rings. The fourth-order valence-corrected chi connectivity index (χ4v) is 2.30. The lowest BCUT2D eigenvalue weighted by Crippen LogP contribution is -2.24. The molecule has 2 aromatic heterocycles. The molecule has 2 N–H and O–H groups in total. The number of benzene rings is 1. The second kappa shape index (κ2) is 5.44. The van der Waals surface area contributed by atoms with Gasteiger partial charge in [-0.15, -0.1) is 0 Å². The van der Waals surface area contributed by atoms with Gasteiger partial charge in [-0.25, -0.2) is 22.5 Å². The van der Waals surface area contributed by atoms with Crippen LogP contribution in [0, 0.1) is 23.3 Å². The van der Waals surface area contributed by atoms with Crippen molar-refractivity contribution >= 4 is 16.9 Å². The summed E-state index contributed by atoms with van der Waals surface area (Å²) in [5, 5.41) is -0.408. The van der Waals surface area contributed by atoms with Gasteiger partial charge in [0.25, 0.3) is 5.91 Å². The van der Waals surface area contributed by atoms with Gasteiger partial charge in [0.05, 0.1) is 11.6 Å². The Balaban J connectivity index is 2.51. The van der Waals surface area contributed by atoms with E-state index in [2.05, 4.69) is 4.98 Å². The third-order valence-corrected chi connectivity index (χ3v) is 3.30. The Labute approximate surface area is 131 Å². The quantitative estimate of drug-likeness (QED) is 0.727. The third kappa shape index (κ3) is 2.39. The van der Waals surface area contributed by atoms with E-state index in [1.165, 1.54) is 0 Å². The highest BCUT2D eigenvalue weighted by Crippen LogP contribution is 2.23. The molecule has 1 aromatic carbocycles. The lowest BCUT2D eigenvalue weighted by molar-refractivity contribution is 0.0999. The van der Waals surface area contributed by atoms with E-state index in [9.17, 15) is 27.2 Å². The molecule has 0 radical (unpaired) electrons. The van der Waals surface area contributed by atoms with Gasteiger partial charge in [-0.2, -0.15) is 0 Å². The molecule has 9 heteroatoms. The first-order valence-corrected chi connectivity index (χ1v) is 6.45. The zero-order valence-corrected chi connectivity index (χ0v) is 11.7. The minimum atomic E-state index is -1.31. The van der Waals surface area contributed by atoms with Crippen LogP contribution >= 0.6 is 0 Å². The largest absolute Gasteiger partial charge is 0.365 e. The van der Waals surface area contributed by atoms with E-state index in [-0.39, 0.29) is 5.65 Å². The summed E-state index contributed by atoms with van der Waals surface area (Å²) in [6.07, 6.45) is 1.50.